The Labute approximate surface area is 105 Å². The fourth-order valence-corrected chi connectivity index (χ4v) is 3.36. The Morgan fingerprint density at radius 1 is 1.24 bits per heavy atom. The standard InChI is InChI=1S/C14H26N2O/c1-3-13-5-4-11(2)16(13)14(17)10-12-6-8-15-9-7-12/h11-13,15H,3-10H2,1-2H3. The maximum absolute atomic E-state index is 12.4. The van der Waals surface area contributed by atoms with Gasteiger partial charge < -0.3 is 10.2 Å². The van der Waals surface area contributed by atoms with E-state index >= 15 is 0 Å². The molecular weight excluding hydrogens is 212 g/mol. The van der Waals surface area contributed by atoms with Crippen LogP contribution in [0, 0.1) is 5.92 Å². The van der Waals surface area contributed by atoms with Gasteiger partial charge in [0.2, 0.25) is 5.91 Å². The number of piperidine rings is 1. The minimum absolute atomic E-state index is 0.411. The molecule has 0 aliphatic carbocycles. The van der Waals surface area contributed by atoms with Crippen molar-refractivity contribution in [2.24, 2.45) is 5.92 Å². The summed E-state index contributed by atoms with van der Waals surface area (Å²) in [5, 5.41) is 3.36. The van der Waals surface area contributed by atoms with Crippen LogP contribution in [-0.2, 0) is 4.79 Å². The lowest BCUT2D eigenvalue weighted by atomic mass is 9.94. The van der Waals surface area contributed by atoms with Crippen molar-refractivity contribution in [1.82, 2.24) is 10.2 Å². The van der Waals surface area contributed by atoms with E-state index in [9.17, 15) is 4.79 Å². The van der Waals surface area contributed by atoms with Gasteiger partial charge in [0.05, 0.1) is 0 Å². The average molecular weight is 238 g/mol. The predicted octanol–water partition coefficient (Wildman–Crippen LogP) is 2.17. The third kappa shape index (κ3) is 3.01. The van der Waals surface area contributed by atoms with Gasteiger partial charge in [-0.15, -0.1) is 0 Å². The molecule has 2 saturated heterocycles. The van der Waals surface area contributed by atoms with Gasteiger partial charge in [-0.05, 0) is 58.0 Å². The lowest BCUT2D eigenvalue weighted by molar-refractivity contribution is -0.135. The van der Waals surface area contributed by atoms with Crippen LogP contribution in [0.15, 0.2) is 0 Å². The molecule has 0 spiro atoms. The van der Waals surface area contributed by atoms with Crippen molar-refractivity contribution in [2.45, 2.75) is 64.5 Å². The zero-order valence-electron chi connectivity index (χ0n) is 11.2. The highest BCUT2D eigenvalue weighted by molar-refractivity contribution is 5.77. The van der Waals surface area contributed by atoms with Crippen molar-refractivity contribution in [3.05, 3.63) is 0 Å². The highest BCUT2D eigenvalue weighted by Crippen LogP contribution is 2.28. The van der Waals surface area contributed by atoms with Crippen molar-refractivity contribution in [1.29, 1.82) is 0 Å². The smallest absolute Gasteiger partial charge is 0.223 e. The normalized spacial score (nSPS) is 30.8. The summed E-state index contributed by atoms with van der Waals surface area (Å²) in [4.78, 5) is 14.6. The first-order chi connectivity index (χ1) is 8.22. The van der Waals surface area contributed by atoms with Gasteiger partial charge in [0.15, 0.2) is 0 Å². The van der Waals surface area contributed by atoms with E-state index < -0.39 is 0 Å². The molecule has 2 fully saturated rings. The number of nitrogens with zero attached hydrogens (tertiary/aromatic N) is 1. The molecule has 17 heavy (non-hydrogen) atoms. The molecule has 2 unspecified atom stereocenters. The van der Waals surface area contributed by atoms with E-state index in [0.717, 1.165) is 25.9 Å². The largest absolute Gasteiger partial charge is 0.337 e. The molecule has 2 aliphatic heterocycles. The molecule has 0 saturated carbocycles. The molecule has 0 aromatic carbocycles. The molecule has 2 aliphatic rings. The summed E-state index contributed by atoms with van der Waals surface area (Å²) in [5.74, 6) is 1.03. The monoisotopic (exact) mass is 238 g/mol. The zero-order valence-corrected chi connectivity index (χ0v) is 11.2. The number of hydrogen-bond acceptors (Lipinski definition) is 2. The van der Waals surface area contributed by atoms with Crippen LogP contribution in [0.5, 0.6) is 0 Å². The number of likely N-dealkylation sites (tertiary alicyclic amines) is 1. The summed E-state index contributed by atoms with van der Waals surface area (Å²) < 4.78 is 0. The predicted molar refractivity (Wildman–Crippen MR) is 69.8 cm³/mol. The number of rotatable bonds is 3. The van der Waals surface area contributed by atoms with Crippen LogP contribution in [0.25, 0.3) is 0 Å². The van der Waals surface area contributed by atoms with E-state index in [1.165, 1.54) is 25.7 Å². The Kier molecular flexibility index (Phi) is 4.43. The Hall–Kier alpha value is -0.570. The van der Waals surface area contributed by atoms with Gasteiger partial charge >= 0.3 is 0 Å². The fraction of sp³-hybridized carbons (Fsp3) is 0.929. The average Bonchev–Trinajstić information content (AvgIpc) is 2.71. The molecule has 1 N–H and O–H groups in total. The van der Waals surface area contributed by atoms with Gasteiger partial charge in [-0.25, -0.2) is 0 Å². The highest BCUT2D eigenvalue weighted by atomic mass is 16.2. The lowest BCUT2D eigenvalue weighted by Gasteiger charge is -2.31. The van der Waals surface area contributed by atoms with E-state index in [1.807, 2.05) is 0 Å². The lowest BCUT2D eigenvalue weighted by Crippen LogP contribution is -2.41. The highest BCUT2D eigenvalue weighted by Gasteiger charge is 2.33. The topological polar surface area (TPSA) is 32.3 Å². The SMILES string of the molecule is CCC1CCC(C)N1C(=O)CC1CCNCC1. The van der Waals surface area contributed by atoms with Crippen LogP contribution in [0.4, 0.5) is 0 Å². The summed E-state index contributed by atoms with van der Waals surface area (Å²) in [6, 6.07) is 0.980. The molecule has 0 bridgehead atoms. The maximum atomic E-state index is 12.4. The summed E-state index contributed by atoms with van der Waals surface area (Å²) in [7, 11) is 0. The van der Waals surface area contributed by atoms with Crippen LogP contribution in [0.2, 0.25) is 0 Å². The van der Waals surface area contributed by atoms with Crippen molar-refractivity contribution in [3.63, 3.8) is 0 Å². The molecule has 2 atom stereocenters. The Morgan fingerprint density at radius 3 is 2.59 bits per heavy atom. The minimum Gasteiger partial charge on any atom is -0.337 e. The second-order valence-corrected chi connectivity index (χ2v) is 5.69. The molecule has 3 nitrogen and oxygen atoms in total. The quantitative estimate of drug-likeness (QED) is 0.817. The molecule has 0 aromatic heterocycles. The minimum atomic E-state index is 0.411. The molecule has 98 valence electrons. The zero-order chi connectivity index (χ0) is 12.3. The van der Waals surface area contributed by atoms with Crippen LogP contribution in [0.3, 0.4) is 0 Å². The second-order valence-electron chi connectivity index (χ2n) is 5.69. The molecule has 1 amide bonds. The summed E-state index contributed by atoms with van der Waals surface area (Å²) in [6.07, 6.45) is 6.63. The fourth-order valence-electron chi connectivity index (χ4n) is 3.36. The third-order valence-electron chi connectivity index (χ3n) is 4.47. The van der Waals surface area contributed by atoms with Crippen molar-refractivity contribution >= 4 is 5.91 Å². The van der Waals surface area contributed by atoms with E-state index in [0.29, 0.717) is 23.9 Å². The van der Waals surface area contributed by atoms with E-state index in [-0.39, 0.29) is 0 Å². The van der Waals surface area contributed by atoms with Crippen LogP contribution in [0.1, 0.15) is 52.4 Å². The summed E-state index contributed by atoms with van der Waals surface area (Å²) in [5.41, 5.74) is 0. The number of hydrogen-bond donors (Lipinski definition) is 1. The van der Waals surface area contributed by atoms with Gasteiger partial charge in [-0.2, -0.15) is 0 Å². The van der Waals surface area contributed by atoms with Gasteiger partial charge in [0.25, 0.3) is 0 Å². The van der Waals surface area contributed by atoms with E-state index in [2.05, 4.69) is 24.1 Å². The molecule has 2 rings (SSSR count). The van der Waals surface area contributed by atoms with Crippen molar-refractivity contribution in [3.8, 4) is 0 Å². The van der Waals surface area contributed by atoms with Gasteiger partial charge in [0, 0.05) is 18.5 Å². The van der Waals surface area contributed by atoms with Gasteiger partial charge in [-0.1, -0.05) is 6.92 Å². The first kappa shape index (κ1) is 12.9. The Morgan fingerprint density at radius 2 is 1.94 bits per heavy atom. The van der Waals surface area contributed by atoms with Crippen molar-refractivity contribution < 1.29 is 4.79 Å². The number of carbonyl (C=O) groups is 1. The molecule has 0 radical (unpaired) electrons. The van der Waals surface area contributed by atoms with Crippen LogP contribution in [-0.4, -0.2) is 36.0 Å². The molecular formula is C14H26N2O. The van der Waals surface area contributed by atoms with Crippen LogP contribution >= 0.6 is 0 Å². The Bertz CT molecular complexity index is 261. The second kappa shape index (κ2) is 5.85. The first-order valence-electron chi connectivity index (χ1n) is 7.24. The Balaban J connectivity index is 1.89. The summed E-state index contributed by atoms with van der Waals surface area (Å²) in [6.45, 7) is 6.58. The third-order valence-corrected chi connectivity index (χ3v) is 4.47. The molecule has 2 heterocycles. The van der Waals surface area contributed by atoms with Gasteiger partial charge in [-0.3, -0.25) is 4.79 Å². The van der Waals surface area contributed by atoms with E-state index in [1.54, 1.807) is 0 Å². The molecule has 0 aromatic rings. The van der Waals surface area contributed by atoms with E-state index in [4.69, 9.17) is 0 Å². The molecule has 3 heteroatoms. The maximum Gasteiger partial charge on any atom is 0.223 e. The van der Waals surface area contributed by atoms with Crippen LogP contribution < -0.4 is 5.32 Å². The van der Waals surface area contributed by atoms with Gasteiger partial charge in [0.1, 0.15) is 0 Å². The number of carbonyl (C=O) groups excluding carboxylic acids is 1. The summed E-state index contributed by atoms with van der Waals surface area (Å²) >= 11 is 0. The first-order valence-corrected chi connectivity index (χ1v) is 7.24. The number of nitrogens with one attached hydrogen (secondary N) is 1. The number of amides is 1. The van der Waals surface area contributed by atoms with Crippen molar-refractivity contribution in [2.75, 3.05) is 13.1 Å².